The van der Waals surface area contributed by atoms with Gasteiger partial charge in [0.2, 0.25) is 0 Å². The Morgan fingerprint density at radius 2 is 1.95 bits per heavy atom. The van der Waals surface area contributed by atoms with Crippen molar-refractivity contribution in [3.05, 3.63) is 30.1 Å². The first kappa shape index (κ1) is 17.9. The molecule has 0 aromatic heterocycles. The fourth-order valence-electron chi connectivity index (χ4n) is 1.43. The Hall–Kier alpha value is -1.05. The van der Waals surface area contributed by atoms with E-state index in [4.69, 9.17) is 4.74 Å². The first-order valence-electron chi connectivity index (χ1n) is 6.03. The molecule has 0 fully saturated rings. The molecule has 0 aliphatic rings. The summed E-state index contributed by atoms with van der Waals surface area (Å²) in [6.07, 6.45) is 1.92. The number of rotatable bonds is 6. The molecular formula is C13H21FIN3O. The van der Waals surface area contributed by atoms with Gasteiger partial charge in [-0.15, -0.1) is 24.0 Å². The van der Waals surface area contributed by atoms with E-state index in [9.17, 15) is 4.39 Å². The predicted octanol–water partition coefficient (Wildman–Crippen LogP) is 2.40. The van der Waals surface area contributed by atoms with Crippen LogP contribution in [0.1, 0.15) is 12.8 Å². The van der Waals surface area contributed by atoms with Gasteiger partial charge < -0.3 is 15.4 Å². The normalized spacial score (nSPS) is 10.6. The van der Waals surface area contributed by atoms with Crippen molar-refractivity contribution < 1.29 is 9.13 Å². The molecule has 0 bridgehead atoms. The largest absolute Gasteiger partial charge is 0.494 e. The molecule has 6 heteroatoms. The van der Waals surface area contributed by atoms with Crippen LogP contribution in [0.15, 0.2) is 29.3 Å². The van der Waals surface area contributed by atoms with Gasteiger partial charge >= 0.3 is 0 Å². The summed E-state index contributed by atoms with van der Waals surface area (Å²) in [4.78, 5) is 4.01. The minimum Gasteiger partial charge on any atom is -0.494 e. The van der Waals surface area contributed by atoms with Crippen molar-refractivity contribution in [2.75, 3.05) is 27.2 Å². The Kier molecular flexibility index (Phi) is 10.2. The molecule has 0 amide bonds. The molecule has 4 nitrogen and oxygen atoms in total. The van der Waals surface area contributed by atoms with E-state index in [1.54, 1.807) is 19.2 Å². The van der Waals surface area contributed by atoms with Crippen LogP contribution in [0.4, 0.5) is 4.39 Å². The Morgan fingerprint density at radius 1 is 1.26 bits per heavy atom. The van der Waals surface area contributed by atoms with Crippen molar-refractivity contribution in [3.8, 4) is 5.75 Å². The minimum absolute atomic E-state index is 0. The Labute approximate surface area is 130 Å². The highest BCUT2D eigenvalue weighted by molar-refractivity contribution is 14.0. The van der Waals surface area contributed by atoms with Gasteiger partial charge in [0.25, 0.3) is 0 Å². The van der Waals surface area contributed by atoms with Gasteiger partial charge in [0.1, 0.15) is 11.6 Å². The van der Waals surface area contributed by atoms with E-state index in [-0.39, 0.29) is 29.8 Å². The maximum atomic E-state index is 12.6. The highest BCUT2D eigenvalue weighted by Gasteiger charge is 1.96. The third kappa shape index (κ3) is 7.86. The lowest BCUT2D eigenvalue weighted by atomic mass is 10.3. The average Bonchev–Trinajstić information content (AvgIpc) is 2.40. The monoisotopic (exact) mass is 381 g/mol. The maximum Gasteiger partial charge on any atom is 0.190 e. The van der Waals surface area contributed by atoms with Crippen LogP contribution < -0.4 is 15.4 Å². The first-order valence-corrected chi connectivity index (χ1v) is 6.03. The molecule has 0 aliphatic heterocycles. The highest BCUT2D eigenvalue weighted by atomic mass is 127. The van der Waals surface area contributed by atoms with E-state index < -0.39 is 0 Å². The van der Waals surface area contributed by atoms with Gasteiger partial charge in [-0.3, -0.25) is 4.99 Å². The van der Waals surface area contributed by atoms with Gasteiger partial charge in [0.05, 0.1) is 6.61 Å². The summed E-state index contributed by atoms with van der Waals surface area (Å²) in [5, 5.41) is 6.10. The maximum absolute atomic E-state index is 12.6. The second kappa shape index (κ2) is 10.8. The number of ether oxygens (including phenoxy) is 1. The van der Waals surface area contributed by atoms with Gasteiger partial charge in [0, 0.05) is 20.6 Å². The smallest absolute Gasteiger partial charge is 0.190 e. The molecule has 19 heavy (non-hydrogen) atoms. The molecule has 1 aromatic carbocycles. The summed E-state index contributed by atoms with van der Waals surface area (Å²) in [6.45, 7) is 1.48. The lowest BCUT2D eigenvalue weighted by Crippen LogP contribution is -2.35. The molecular weight excluding hydrogens is 360 g/mol. The van der Waals surface area contributed by atoms with Crippen LogP contribution in [0, 0.1) is 5.82 Å². The Morgan fingerprint density at radius 3 is 2.53 bits per heavy atom. The molecule has 0 spiro atoms. The number of unbranched alkanes of at least 4 members (excludes halogenated alkanes) is 1. The molecule has 0 radical (unpaired) electrons. The number of hydrogen-bond acceptors (Lipinski definition) is 2. The van der Waals surface area contributed by atoms with E-state index >= 15 is 0 Å². The molecule has 1 aromatic rings. The fourth-order valence-corrected chi connectivity index (χ4v) is 1.43. The van der Waals surface area contributed by atoms with Crippen molar-refractivity contribution in [1.29, 1.82) is 0 Å². The highest BCUT2D eigenvalue weighted by Crippen LogP contribution is 2.11. The number of benzene rings is 1. The first-order chi connectivity index (χ1) is 8.76. The van der Waals surface area contributed by atoms with E-state index in [0.29, 0.717) is 12.4 Å². The molecule has 1 rings (SSSR count). The molecule has 0 unspecified atom stereocenters. The van der Waals surface area contributed by atoms with Gasteiger partial charge in [-0.05, 0) is 37.1 Å². The van der Waals surface area contributed by atoms with Crippen LogP contribution in [0.25, 0.3) is 0 Å². The minimum atomic E-state index is -0.245. The lowest BCUT2D eigenvalue weighted by molar-refractivity contribution is 0.306. The summed E-state index contributed by atoms with van der Waals surface area (Å²) >= 11 is 0. The Bertz CT molecular complexity index is 371. The number of hydrogen-bond donors (Lipinski definition) is 2. The number of nitrogens with zero attached hydrogens (tertiary/aromatic N) is 1. The molecule has 0 aliphatic carbocycles. The predicted molar refractivity (Wildman–Crippen MR) is 87.0 cm³/mol. The van der Waals surface area contributed by atoms with Crippen LogP contribution >= 0.6 is 24.0 Å². The van der Waals surface area contributed by atoms with E-state index in [1.165, 1.54) is 12.1 Å². The van der Waals surface area contributed by atoms with Crippen LogP contribution in [0.3, 0.4) is 0 Å². The summed E-state index contributed by atoms with van der Waals surface area (Å²) in [5.74, 6) is 1.25. The third-order valence-electron chi connectivity index (χ3n) is 2.41. The fraction of sp³-hybridized carbons (Fsp3) is 0.462. The number of nitrogens with one attached hydrogen (secondary N) is 2. The van der Waals surface area contributed by atoms with Gasteiger partial charge in [0.15, 0.2) is 5.96 Å². The second-order valence-corrected chi connectivity index (χ2v) is 3.76. The third-order valence-corrected chi connectivity index (χ3v) is 2.41. The molecule has 108 valence electrons. The van der Waals surface area contributed by atoms with Crippen molar-refractivity contribution in [2.24, 2.45) is 4.99 Å². The van der Waals surface area contributed by atoms with Crippen molar-refractivity contribution >= 4 is 29.9 Å². The summed E-state index contributed by atoms with van der Waals surface area (Å²) in [6, 6.07) is 6.06. The number of aliphatic imine (C=N–C) groups is 1. The summed E-state index contributed by atoms with van der Waals surface area (Å²) in [7, 11) is 3.56. The van der Waals surface area contributed by atoms with E-state index in [0.717, 1.165) is 25.3 Å². The van der Waals surface area contributed by atoms with Crippen molar-refractivity contribution in [3.63, 3.8) is 0 Å². The zero-order valence-corrected chi connectivity index (χ0v) is 13.6. The van der Waals surface area contributed by atoms with Gasteiger partial charge in [-0.2, -0.15) is 0 Å². The standard InChI is InChI=1S/C13H20FN3O.HI/c1-15-13(16-2)17-9-3-4-10-18-12-7-5-11(14)6-8-12;/h5-8H,3-4,9-10H2,1-2H3,(H2,15,16,17);1H. The molecule has 0 saturated carbocycles. The number of halogens is 2. The van der Waals surface area contributed by atoms with Crippen LogP contribution in [-0.4, -0.2) is 33.2 Å². The summed E-state index contributed by atoms with van der Waals surface area (Å²) in [5.41, 5.74) is 0. The van der Waals surface area contributed by atoms with E-state index in [1.807, 2.05) is 7.05 Å². The average molecular weight is 381 g/mol. The van der Waals surface area contributed by atoms with Gasteiger partial charge in [-0.25, -0.2) is 4.39 Å². The molecule has 0 atom stereocenters. The van der Waals surface area contributed by atoms with Crippen LogP contribution in [0.5, 0.6) is 5.75 Å². The van der Waals surface area contributed by atoms with Crippen molar-refractivity contribution in [1.82, 2.24) is 10.6 Å². The van der Waals surface area contributed by atoms with E-state index in [2.05, 4.69) is 15.6 Å². The van der Waals surface area contributed by atoms with Crippen LogP contribution in [-0.2, 0) is 0 Å². The zero-order chi connectivity index (χ0) is 13.2. The molecule has 0 saturated heterocycles. The SMILES string of the molecule is CN=C(NC)NCCCCOc1ccc(F)cc1.I. The zero-order valence-electron chi connectivity index (χ0n) is 11.3. The van der Waals surface area contributed by atoms with Crippen LogP contribution in [0.2, 0.25) is 0 Å². The number of guanidine groups is 1. The molecule has 0 heterocycles. The second-order valence-electron chi connectivity index (χ2n) is 3.76. The van der Waals surface area contributed by atoms with Crippen molar-refractivity contribution in [2.45, 2.75) is 12.8 Å². The topological polar surface area (TPSA) is 45.7 Å². The summed E-state index contributed by atoms with van der Waals surface area (Å²) < 4.78 is 18.1. The lowest BCUT2D eigenvalue weighted by Gasteiger charge is -2.09. The quantitative estimate of drug-likeness (QED) is 0.344. The Balaban J connectivity index is 0.00000324. The van der Waals surface area contributed by atoms with Gasteiger partial charge in [-0.1, -0.05) is 0 Å². The molecule has 2 N–H and O–H groups in total.